The second kappa shape index (κ2) is 6.26. The van der Waals surface area contributed by atoms with E-state index >= 15 is 0 Å². The number of carbonyl (C=O) groups excluding carboxylic acids is 1. The molecule has 0 radical (unpaired) electrons. The average molecular weight is 369 g/mol. The molecule has 2 aromatic rings. The van der Waals surface area contributed by atoms with Crippen molar-refractivity contribution in [3.05, 3.63) is 65.2 Å². The third-order valence-electron chi connectivity index (χ3n) is 3.95. The van der Waals surface area contributed by atoms with Gasteiger partial charge in [-0.3, -0.25) is 15.8 Å². The molecule has 0 bridgehead atoms. The standard InChI is InChI=1S/C17H15F4N3O2/c1-16(22)23-14(25)17(24-16,10-5-11(18)8-12(19)6-10)9-3-2-4-13(7-9)26-15(20)21/h2-8,15,24H,22H2,1H3,(H,23,25). The fourth-order valence-electron chi connectivity index (χ4n) is 3.06. The molecule has 0 aromatic heterocycles. The van der Waals surface area contributed by atoms with Crippen LogP contribution in [0.5, 0.6) is 5.75 Å². The van der Waals surface area contributed by atoms with Gasteiger partial charge in [0, 0.05) is 6.07 Å². The van der Waals surface area contributed by atoms with Gasteiger partial charge in [0.25, 0.3) is 5.91 Å². The molecule has 1 aliphatic rings. The number of nitrogens with one attached hydrogen (secondary N) is 2. The Kier molecular flexibility index (Phi) is 4.37. The molecule has 3 rings (SSSR count). The van der Waals surface area contributed by atoms with E-state index in [1.807, 2.05) is 0 Å². The van der Waals surface area contributed by atoms with Crippen molar-refractivity contribution in [2.24, 2.45) is 5.73 Å². The van der Waals surface area contributed by atoms with Crippen LogP contribution in [0.2, 0.25) is 0 Å². The molecule has 9 heteroatoms. The van der Waals surface area contributed by atoms with Gasteiger partial charge in [0.15, 0.2) is 5.54 Å². The first-order chi connectivity index (χ1) is 12.1. The van der Waals surface area contributed by atoms with E-state index in [1.165, 1.54) is 31.2 Å². The van der Waals surface area contributed by atoms with Gasteiger partial charge in [-0.25, -0.2) is 8.78 Å². The van der Waals surface area contributed by atoms with E-state index in [-0.39, 0.29) is 16.9 Å². The van der Waals surface area contributed by atoms with Crippen LogP contribution >= 0.6 is 0 Å². The zero-order chi connectivity index (χ0) is 19.1. The SMILES string of the molecule is CC1(N)NC(=O)C(c2cc(F)cc(F)c2)(c2cccc(OC(F)F)c2)N1. The van der Waals surface area contributed by atoms with Crippen LogP contribution in [0.1, 0.15) is 18.1 Å². The average Bonchev–Trinajstić information content (AvgIpc) is 2.76. The van der Waals surface area contributed by atoms with E-state index in [1.54, 1.807) is 0 Å². The van der Waals surface area contributed by atoms with E-state index in [0.29, 0.717) is 6.07 Å². The second-order valence-corrected chi connectivity index (χ2v) is 6.10. The highest BCUT2D eigenvalue weighted by molar-refractivity contribution is 5.94. The minimum atomic E-state index is -3.07. The lowest BCUT2D eigenvalue weighted by molar-refractivity contribution is -0.123. The molecule has 138 valence electrons. The summed E-state index contributed by atoms with van der Waals surface area (Å²) in [6.07, 6.45) is 0. The zero-order valence-electron chi connectivity index (χ0n) is 13.5. The molecule has 2 aromatic carbocycles. The Labute approximate surface area is 146 Å². The van der Waals surface area contributed by atoms with Crippen molar-refractivity contribution in [1.29, 1.82) is 0 Å². The summed E-state index contributed by atoms with van der Waals surface area (Å²) < 4.78 is 57.0. The van der Waals surface area contributed by atoms with Crippen molar-refractivity contribution < 1.29 is 27.1 Å². The highest BCUT2D eigenvalue weighted by atomic mass is 19.3. The number of amides is 1. The number of benzene rings is 2. The summed E-state index contributed by atoms with van der Waals surface area (Å²) >= 11 is 0. The minimum absolute atomic E-state index is 0.0733. The number of rotatable bonds is 4. The Morgan fingerprint density at radius 1 is 1.08 bits per heavy atom. The number of carbonyl (C=O) groups is 1. The van der Waals surface area contributed by atoms with Gasteiger partial charge in [0.1, 0.15) is 23.2 Å². The van der Waals surface area contributed by atoms with Crippen molar-refractivity contribution in [2.75, 3.05) is 0 Å². The largest absolute Gasteiger partial charge is 0.435 e. The van der Waals surface area contributed by atoms with Crippen LogP contribution in [0.15, 0.2) is 42.5 Å². The first-order valence-corrected chi connectivity index (χ1v) is 7.55. The molecule has 1 heterocycles. The molecule has 26 heavy (non-hydrogen) atoms. The Morgan fingerprint density at radius 2 is 1.73 bits per heavy atom. The maximum Gasteiger partial charge on any atom is 0.387 e. The highest BCUT2D eigenvalue weighted by Crippen LogP contribution is 2.37. The van der Waals surface area contributed by atoms with Crippen LogP contribution in [0.25, 0.3) is 0 Å². The maximum absolute atomic E-state index is 13.8. The molecule has 2 unspecified atom stereocenters. The van der Waals surface area contributed by atoms with E-state index < -0.39 is 35.5 Å². The maximum atomic E-state index is 13.8. The van der Waals surface area contributed by atoms with E-state index in [2.05, 4.69) is 15.4 Å². The van der Waals surface area contributed by atoms with Crippen LogP contribution in [0.3, 0.4) is 0 Å². The Morgan fingerprint density at radius 3 is 2.27 bits per heavy atom. The predicted octanol–water partition coefficient (Wildman–Crippen LogP) is 2.16. The summed E-state index contributed by atoms with van der Waals surface area (Å²) in [5, 5.41) is 5.28. The summed E-state index contributed by atoms with van der Waals surface area (Å²) in [5.74, 6) is -4.12. The number of hydrogen-bond acceptors (Lipinski definition) is 4. The summed E-state index contributed by atoms with van der Waals surface area (Å²) in [7, 11) is 0. The van der Waals surface area contributed by atoms with Crippen LogP contribution in [-0.4, -0.2) is 18.3 Å². The molecule has 1 fully saturated rings. The van der Waals surface area contributed by atoms with E-state index in [9.17, 15) is 22.4 Å². The summed E-state index contributed by atoms with van der Waals surface area (Å²) in [5.41, 5.74) is 4.19. The molecule has 2 atom stereocenters. The van der Waals surface area contributed by atoms with Crippen LogP contribution in [0, 0.1) is 11.6 Å². The Hall–Kier alpha value is -2.65. The fourth-order valence-corrected chi connectivity index (χ4v) is 3.06. The van der Waals surface area contributed by atoms with E-state index in [4.69, 9.17) is 5.73 Å². The lowest BCUT2D eigenvalue weighted by atomic mass is 9.82. The molecular weight excluding hydrogens is 354 g/mol. The van der Waals surface area contributed by atoms with Crippen molar-refractivity contribution in [2.45, 2.75) is 24.9 Å². The number of hydrogen-bond donors (Lipinski definition) is 3. The van der Waals surface area contributed by atoms with Gasteiger partial charge in [0.05, 0.1) is 0 Å². The molecule has 0 saturated carbocycles. The second-order valence-electron chi connectivity index (χ2n) is 6.10. The van der Waals surface area contributed by atoms with Crippen LogP contribution in [-0.2, 0) is 10.3 Å². The lowest BCUT2D eigenvalue weighted by Gasteiger charge is -2.30. The van der Waals surface area contributed by atoms with E-state index in [0.717, 1.165) is 12.1 Å². The predicted molar refractivity (Wildman–Crippen MR) is 84.1 cm³/mol. The summed E-state index contributed by atoms with van der Waals surface area (Å²) in [6, 6.07) is 7.87. The molecule has 1 amide bonds. The first kappa shape index (κ1) is 18.2. The number of ether oxygens (including phenoxy) is 1. The van der Waals surface area contributed by atoms with Crippen LogP contribution < -0.4 is 21.1 Å². The van der Waals surface area contributed by atoms with Gasteiger partial charge in [-0.2, -0.15) is 8.78 Å². The van der Waals surface area contributed by atoms with Crippen molar-refractivity contribution in [3.8, 4) is 5.75 Å². The Balaban J connectivity index is 2.21. The van der Waals surface area contributed by atoms with Gasteiger partial charge < -0.3 is 10.1 Å². The highest BCUT2D eigenvalue weighted by Gasteiger charge is 2.53. The topological polar surface area (TPSA) is 76.4 Å². The molecule has 0 spiro atoms. The molecule has 0 aliphatic carbocycles. The van der Waals surface area contributed by atoms with Gasteiger partial charge >= 0.3 is 6.61 Å². The lowest BCUT2D eigenvalue weighted by Crippen LogP contribution is -2.57. The molecule has 1 aliphatic heterocycles. The zero-order valence-corrected chi connectivity index (χ0v) is 13.5. The minimum Gasteiger partial charge on any atom is -0.435 e. The third-order valence-corrected chi connectivity index (χ3v) is 3.95. The number of nitrogens with two attached hydrogens (primary N) is 1. The van der Waals surface area contributed by atoms with Crippen LogP contribution in [0.4, 0.5) is 17.6 Å². The molecule has 4 N–H and O–H groups in total. The Bertz CT molecular complexity index is 839. The van der Waals surface area contributed by atoms with Crippen molar-refractivity contribution in [1.82, 2.24) is 10.6 Å². The van der Waals surface area contributed by atoms with Gasteiger partial charge in [0.2, 0.25) is 0 Å². The van der Waals surface area contributed by atoms with Crippen molar-refractivity contribution in [3.63, 3.8) is 0 Å². The normalized spacial score (nSPS) is 25.4. The number of halogens is 4. The molecular formula is C17H15F4N3O2. The van der Waals surface area contributed by atoms with Gasteiger partial charge in [-0.15, -0.1) is 0 Å². The third kappa shape index (κ3) is 3.23. The smallest absolute Gasteiger partial charge is 0.387 e. The number of alkyl halides is 2. The fraction of sp³-hybridized carbons (Fsp3) is 0.235. The van der Waals surface area contributed by atoms with Crippen molar-refractivity contribution >= 4 is 5.91 Å². The molecule has 5 nitrogen and oxygen atoms in total. The summed E-state index contributed by atoms with van der Waals surface area (Å²) in [6.45, 7) is -1.63. The summed E-state index contributed by atoms with van der Waals surface area (Å²) in [4.78, 5) is 12.8. The van der Waals surface area contributed by atoms with Gasteiger partial charge in [-0.05, 0) is 42.3 Å². The molecule has 1 saturated heterocycles. The quantitative estimate of drug-likeness (QED) is 0.722. The monoisotopic (exact) mass is 369 g/mol. The first-order valence-electron chi connectivity index (χ1n) is 7.55. The van der Waals surface area contributed by atoms with Gasteiger partial charge in [-0.1, -0.05) is 12.1 Å².